The molecule has 16 heavy (non-hydrogen) atoms. The second-order valence-electron chi connectivity index (χ2n) is 4.65. The van der Waals surface area contributed by atoms with Crippen molar-refractivity contribution in [3.63, 3.8) is 0 Å². The monoisotopic (exact) mass is 226 g/mol. The SMILES string of the molecule is CCC(C)(C)C(=O)c1cc(F)c(C)cc1F. The minimum atomic E-state index is -0.664. The summed E-state index contributed by atoms with van der Waals surface area (Å²) in [5, 5.41) is 0. The fourth-order valence-electron chi connectivity index (χ4n) is 1.35. The summed E-state index contributed by atoms with van der Waals surface area (Å²) in [6.07, 6.45) is 0.584. The Labute approximate surface area is 94.5 Å². The van der Waals surface area contributed by atoms with Crippen molar-refractivity contribution in [1.29, 1.82) is 0 Å². The van der Waals surface area contributed by atoms with Crippen LogP contribution in [0.1, 0.15) is 43.1 Å². The van der Waals surface area contributed by atoms with Crippen LogP contribution < -0.4 is 0 Å². The smallest absolute Gasteiger partial charge is 0.171 e. The van der Waals surface area contributed by atoms with Crippen molar-refractivity contribution in [2.45, 2.75) is 34.1 Å². The molecule has 1 nitrogen and oxygen atoms in total. The Morgan fingerprint density at radius 3 is 2.31 bits per heavy atom. The summed E-state index contributed by atoms with van der Waals surface area (Å²) < 4.78 is 26.9. The van der Waals surface area contributed by atoms with Gasteiger partial charge in [-0.2, -0.15) is 0 Å². The normalized spacial score (nSPS) is 11.6. The molecule has 1 aromatic carbocycles. The Hall–Kier alpha value is -1.25. The molecule has 0 spiro atoms. The van der Waals surface area contributed by atoms with Crippen LogP contribution in [0.3, 0.4) is 0 Å². The zero-order chi connectivity index (χ0) is 12.5. The molecule has 0 bridgehead atoms. The lowest BCUT2D eigenvalue weighted by Gasteiger charge is -2.21. The van der Waals surface area contributed by atoms with Crippen molar-refractivity contribution in [3.8, 4) is 0 Å². The summed E-state index contributed by atoms with van der Waals surface area (Å²) >= 11 is 0. The van der Waals surface area contributed by atoms with Gasteiger partial charge in [-0.15, -0.1) is 0 Å². The van der Waals surface area contributed by atoms with E-state index in [4.69, 9.17) is 0 Å². The molecule has 0 atom stereocenters. The lowest BCUT2D eigenvalue weighted by atomic mass is 9.81. The van der Waals surface area contributed by atoms with Crippen molar-refractivity contribution in [3.05, 3.63) is 34.9 Å². The van der Waals surface area contributed by atoms with Crippen molar-refractivity contribution >= 4 is 5.78 Å². The molecule has 0 N–H and O–H groups in total. The summed E-state index contributed by atoms with van der Waals surface area (Å²) in [6, 6.07) is 2.05. The number of Topliss-reactive ketones (excluding diaryl/α,β-unsaturated/α-hetero) is 1. The number of carbonyl (C=O) groups excluding carboxylic acids is 1. The van der Waals surface area contributed by atoms with Gasteiger partial charge in [-0.3, -0.25) is 4.79 Å². The largest absolute Gasteiger partial charge is 0.293 e. The van der Waals surface area contributed by atoms with E-state index in [0.29, 0.717) is 6.42 Å². The third kappa shape index (κ3) is 2.29. The Kier molecular flexibility index (Phi) is 3.46. The lowest BCUT2D eigenvalue weighted by Crippen LogP contribution is -2.24. The maximum atomic E-state index is 13.6. The minimum absolute atomic E-state index is 0.157. The van der Waals surface area contributed by atoms with E-state index in [1.54, 1.807) is 13.8 Å². The van der Waals surface area contributed by atoms with Crippen LogP contribution in [0, 0.1) is 24.0 Å². The van der Waals surface area contributed by atoms with Gasteiger partial charge in [0.05, 0.1) is 5.56 Å². The van der Waals surface area contributed by atoms with Crippen LogP contribution in [0.2, 0.25) is 0 Å². The minimum Gasteiger partial charge on any atom is -0.293 e. The molecule has 1 aromatic rings. The first-order chi connectivity index (χ1) is 7.29. The highest BCUT2D eigenvalue weighted by Gasteiger charge is 2.29. The molecule has 0 fully saturated rings. The molecule has 0 heterocycles. The molecule has 0 aliphatic carbocycles. The van der Waals surface area contributed by atoms with Crippen LogP contribution in [0.5, 0.6) is 0 Å². The molecule has 88 valence electrons. The molecule has 0 aliphatic rings. The third-order valence-corrected chi connectivity index (χ3v) is 2.99. The van der Waals surface area contributed by atoms with E-state index >= 15 is 0 Å². The van der Waals surface area contributed by atoms with Crippen molar-refractivity contribution < 1.29 is 13.6 Å². The Balaban J connectivity index is 3.25. The zero-order valence-corrected chi connectivity index (χ0v) is 10.0. The van der Waals surface area contributed by atoms with E-state index in [2.05, 4.69) is 0 Å². The highest BCUT2D eigenvalue weighted by Crippen LogP contribution is 2.27. The first kappa shape index (κ1) is 12.8. The number of ketones is 1. The first-order valence-corrected chi connectivity index (χ1v) is 5.30. The molecule has 3 heteroatoms. The summed E-state index contributed by atoms with van der Waals surface area (Å²) in [5.74, 6) is -1.55. The molecule has 0 saturated carbocycles. The first-order valence-electron chi connectivity index (χ1n) is 5.30. The zero-order valence-electron chi connectivity index (χ0n) is 10.0. The summed E-state index contributed by atoms with van der Waals surface area (Å²) in [6.45, 7) is 6.77. The van der Waals surface area contributed by atoms with Crippen molar-refractivity contribution in [1.82, 2.24) is 0 Å². The van der Waals surface area contributed by atoms with Gasteiger partial charge in [0, 0.05) is 5.41 Å². The van der Waals surface area contributed by atoms with Gasteiger partial charge in [0.25, 0.3) is 0 Å². The van der Waals surface area contributed by atoms with Gasteiger partial charge in [0.2, 0.25) is 0 Å². The predicted octanol–water partition coefficient (Wildman–Crippen LogP) is 3.89. The molecule has 0 unspecified atom stereocenters. The fourth-order valence-corrected chi connectivity index (χ4v) is 1.35. The maximum Gasteiger partial charge on any atom is 0.171 e. The van der Waals surface area contributed by atoms with Gasteiger partial charge in [-0.1, -0.05) is 20.8 Å². The number of aryl methyl sites for hydroxylation is 1. The number of benzene rings is 1. The molecule has 1 rings (SSSR count). The Morgan fingerprint density at radius 1 is 1.25 bits per heavy atom. The summed E-state index contributed by atoms with van der Waals surface area (Å²) in [7, 11) is 0. The fraction of sp³-hybridized carbons (Fsp3) is 0.462. The van der Waals surface area contributed by atoms with Gasteiger partial charge in [0.1, 0.15) is 11.6 Å². The van der Waals surface area contributed by atoms with Gasteiger partial charge < -0.3 is 0 Å². The molecule has 0 aromatic heterocycles. The highest BCUT2D eigenvalue weighted by atomic mass is 19.1. The van der Waals surface area contributed by atoms with Crippen LogP contribution in [-0.4, -0.2) is 5.78 Å². The summed E-state index contributed by atoms with van der Waals surface area (Å²) in [5.41, 5.74) is -0.610. The number of carbonyl (C=O) groups is 1. The molecule has 0 radical (unpaired) electrons. The number of hydrogen-bond acceptors (Lipinski definition) is 1. The quantitative estimate of drug-likeness (QED) is 0.714. The Bertz CT molecular complexity index is 422. The Morgan fingerprint density at radius 2 is 1.81 bits per heavy atom. The second-order valence-corrected chi connectivity index (χ2v) is 4.65. The summed E-state index contributed by atoms with van der Waals surface area (Å²) in [4.78, 5) is 12.0. The lowest BCUT2D eigenvalue weighted by molar-refractivity contribution is 0.0828. The van der Waals surface area contributed by atoms with Crippen molar-refractivity contribution in [2.75, 3.05) is 0 Å². The van der Waals surface area contributed by atoms with Gasteiger partial charge in [-0.25, -0.2) is 8.78 Å². The molecular weight excluding hydrogens is 210 g/mol. The maximum absolute atomic E-state index is 13.6. The van der Waals surface area contributed by atoms with Crippen LogP contribution in [0.4, 0.5) is 8.78 Å². The molecule has 0 aliphatic heterocycles. The van der Waals surface area contributed by atoms with E-state index < -0.39 is 17.0 Å². The standard InChI is InChI=1S/C13H16F2O/c1-5-13(3,4)12(16)9-7-10(14)8(2)6-11(9)15/h6-7H,5H2,1-4H3. The average Bonchev–Trinajstić information content (AvgIpc) is 2.22. The molecule has 0 amide bonds. The third-order valence-electron chi connectivity index (χ3n) is 2.99. The number of hydrogen-bond donors (Lipinski definition) is 0. The van der Waals surface area contributed by atoms with E-state index in [0.717, 1.165) is 12.1 Å². The van der Waals surface area contributed by atoms with Crippen LogP contribution in [0.15, 0.2) is 12.1 Å². The predicted molar refractivity (Wildman–Crippen MR) is 59.5 cm³/mol. The average molecular weight is 226 g/mol. The number of rotatable bonds is 3. The highest BCUT2D eigenvalue weighted by molar-refractivity contribution is 6.00. The number of halogens is 2. The van der Waals surface area contributed by atoms with Gasteiger partial charge >= 0.3 is 0 Å². The van der Waals surface area contributed by atoms with Gasteiger partial charge in [-0.05, 0) is 31.0 Å². The van der Waals surface area contributed by atoms with E-state index in [9.17, 15) is 13.6 Å². The van der Waals surface area contributed by atoms with Gasteiger partial charge in [0.15, 0.2) is 5.78 Å². The van der Waals surface area contributed by atoms with Crippen LogP contribution >= 0.6 is 0 Å². The topological polar surface area (TPSA) is 17.1 Å². The van der Waals surface area contributed by atoms with Crippen LogP contribution in [-0.2, 0) is 0 Å². The molecular formula is C13H16F2O. The second kappa shape index (κ2) is 4.32. The van der Waals surface area contributed by atoms with E-state index in [1.807, 2.05) is 6.92 Å². The van der Waals surface area contributed by atoms with E-state index in [1.165, 1.54) is 6.92 Å². The molecule has 0 saturated heterocycles. The van der Waals surface area contributed by atoms with Crippen molar-refractivity contribution in [2.24, 2.45) is 5.41 Å². The van der Waals surface area contributed by atoms with Crippen LogP contribution in [0.25, 0.3) is 0 Å². The van der Waals surface area contributed by atoms with E-state index in [-0.39, 0.29) is 16.9 Å².